The van der Waals surface area contributed by atoms with Crippen LogP contribution in [0.15, 0.2) is 24.7 Å². The van der Waals surface area contributed by atoms with E-state index in [0.717, 1.165) is 6.20 Å². The van der Waals surface area contributed by atoms with Gasteiger partial charge in [-0.05, 0) is 24.5 Å². The number of piperidine rings is 1. The summed E-state index contributed by atoms with van der Waals surface area (Å²) in [5.41, 5.74) is -0.0867. The van der Waals surface area contributed by atoms with Crippen LogP contribution in [0.5, 0.6) is 0 Å². The number of nitrogens with zero attached hydrogens (tertiary/aromatic N) is 6. The highest BCUT2D eigenvalue weighted by molar-refractivity contribution is 6.29. The molecule has 0 aliphatic carbocycles. The van der Waals surface area contributed by atoms with Crippen LogP contribution in [0.4, 0.5) is 13.2 Å². The van der Waals surface area contributed by atoms with Crippen LogP contribution in [0.25, 0.3) is 5.78 Å². The van der Waals surface area contributed by atoms with Crippen molar-refractivity contribution in [3.8, 4) is 0 Å². The number of carbonyl (C=O) groups excluding carboxylic acids is 1. The van der Waals surface area contributed by atoms with Gasteiger partial charge in [0.05, 0.1) is 17.5 Å². The van der Waals surface area contributed by atoms with Crippen molar-refractivity contribution in [2.75, 3.05) is 13.1 Å². The van der Waals surface area contributed by atoms with Gasteiger partial charge in [0.25, 0.3) is 18.1 Å². The van der Waals surface area contributed by atoms with Gasteiger partial charge in [0, 0.05) is 19.0 Å². The first-order valence-corrected chi connectivity index (χ1v) is 9.32. The van der Waals surface area contributed by atoms with Crippen molar-refractivity contribution in [2.24, 2.45) is 5.92 Å². The second kappa shape index (κ2) is 7.58. The van der Waals surface area contributed by atoms with Crippen molar-refractivity contribution >= 4 is 23.3 Å². The maximum absolute atomic E-state index is 14.1. The first-order chi connectivity index (χ1) is 13.8. The number of halogens is 4. The highest BCUT2D eigenvalue weighted by Crippen LogP contribution is 2.34. The predicted octanol–water partition coefficient (Wildman–Crippen LogP) is 3.52. The molecule has 1 saturated heterocycles. The summed E-state index contributed by atoms with van der Waals surface area (Å²) in [7, 11) is 0. The molecule has 0 aromatic carbocycles. The molecule has 29 heavy (non-hydrogen) atoms. The van der Waals surface area contributed by atoms with Gasteiger partial charge in [0.2, 0.25) is 0 Å². The summed E-state index contributed by atoms with van der Waals surface area (Å²) in [4.78, 5) is 25.7. The SMILES string of the molecule is C[C@@H]1CCN(C(=O)c2cc(Cl)ncc2F)C[C@H]1c1cc(C(F)F)nc2ncnn12. The number of likely N-dealkylation sites (tertiary alicyclic amines) is 1. The molecule has 1 aliphatic rings. The van der Waals surface area contributed by atoms with Crippen LogP contribution in [0, 0.1) is 11.7 Å². The van der Waals surface area contributed by atoms with Gasteiger partial charge in [0.1, 0.15) is 17.2 Å². The topological polar surface area (TPSA) is 76.3 Å². The van der Waals surface area contributed by atoms with Crippen LogP contribution in [0.2, 0.25) is 5.15 Å². The molecule has 0 spiro atoms. The normalized spacial score (nSPS) is 19.9. The lowest BCUT2D eigenvalue weighted by molar-refractivity contribution is 0.0660. The van der Waals surface area contributed by atoms with Crippen molar-refractivity contribution in [1.82, 2.24) is 29.5 Å². The number of alkyl halides is 2. The maximum Gasteiger partial charge on any atom is 0.280 e. The minimum atomic E-state index is -2.76. The van der Waals surface area contributed by atoms with E-state index >= 15 is 0 Å². The fourth-order valence-electron chi connectivity index (χ4n) is 3.62. The monoisotopic (exact) mass is 424 g/mol. The Kier molecular flexibility index (Phi) is 5.12. The summed E-state index contributed by atoms with van der Waals surface area (Å²) in [5.74, 6) is -1.46. The van der Waals surface area contributed by atoms with E-state index in [-0.39, 0.29) is 34.9 Å². The standard InChI is InChI=1S/C18H16ClF3N6O/c1-9-2-3-27(17(29)10-4-15(19)23-6-12(10)20)7-11(9)14-5-13(16(21)22)26-18-24-8-25-28(14)18/h4-6,8-9,11,16H,2-3,7H2,1H3/t9-,11-/m1/s1. The lowest BCUT2D eigenvalue weighted by Crippen LogP contribution is -2.43. The number of hydrogen-bond donors (Lipinski definition) is 0. The van der Waals surface area contributed by atoms with Gasteiger partial charge in [-0.2, -0.15) is 10.1 Å². The average Bonchev–Trinajstić information content (AvgIpc) is 3.18. The zero-order valence-electron chi connectivity index (χ0n) is 15.3. The van der Waals surface area contributed by atoms with Crippen molar-refractivity contribution in [2.45, 2.75) is 25.7 Å². The molecule has 3 aromatic heterocycles. The fraction of sp³-hybridized carbons (Fsp3) is 0.389. The molecule has 0 bridgehead atoms. The van der Waals surface area contributed by atoms with Crippen LogP contribution in [0.1, 0.15) is 47.4 Å². The Morgan fingerprint density at radius 1 is 1.31 bits per heavy atom. The van der Waals surface area contributed by atoms with E-state index in [1.165, 1.54) is 27.9 Å². The molecular weight excluding hydrogens is 409 g/mol. The molecule has 7 nitrogen and oxygen atoms in total. The molecule has 152 valence electrons. The fourth-order valence-corrected chi connectivity index (χ4v) is 3.77. The van der Waals surface area contributed by atoms with Gasteiger partial charge in [-0.15, -0.1) is 0 Å². The van der Waals surface area contributed by atoms with Gasteiger partial charge in [0.15, 0.2) is 5.82 Å². The maximum atomic E-state index is 14.1. The van der Waals surface area contributed by atoms with Gasteiger partial charge in [-0.1, -0.05) is 18.5 Å². The molecule has 0 N–H and O–H groups in total. The molecule has 0 unspecified atom stereocenters. The number of pyridine rings is 1. The van der Waals surface area contributed by atoms with Gasteiger partial charge in [-0.3, -0.25) is 4.79 Å². The predicted molar refractivity (Wildman–Crippen MR) is 97.4 cm³/mol. The number of carbonyl (C=O) groups is 1. The van der Waals surface area contributed by atoms with Crippen LogP contribution >= 0.6 is 11.6 Å². The van der Waals surface area contributed by atoms with Crippen LogP contribution in [-0.4, -0.2) is 48.5 Å². The second-order valence-corrected chi connectivity index (χ2v) is 7.38. The van der Waals surface area contributed by atoms with Crippen LogP contribution in [-0.2, 0) is 0 Å². The summed E-state index contributed by atoms with van der Waals surface area (Å²) >= 11 is 5.80. The third kappa shape index (κ3) is 3.64. The van der Waals surface area contributed by atoms with Crippen LogP contribution < -0.4 is 0 Å². The number of hydrogen-bond acceptors (Lipinski definition) is 5. The van der Waals surface area contributed by atoms with Gasteiger partial charge >= 0.3 is 0 Å². The van der Waals surface area contributed by atoms with E-state index in [0.29, 0.717) is 18.7 Å². The molecule has 4 rings (SSSR count). The number of fused-ring (bicyclic) bond motifs is 1. The molecule has 1 fully saturated rings. The molecule has 0 saturated carbocycles. The molecule has 1 aliphatic heterocycles. The van der Waals surface area contributed by atoms with Crippen LogP contribution in [0.3, 0.4) is 0 Å². The highest BCUT2D eigenvalue weighted by atomic mass is 35.5. The summed E-state index contributed by atoms with van der Waals surface area (Å²) in [6.07, 6.45) is -0.0122. The Balaban J connectivity index is 1.70. The number of aromatic nitrogens is 5. The Morgan fingerprint density at radius 2 is 2.10 bits per heavy atom. The minimum absolute atomic E-state index is 0.0108. The van der Waals surface area contributed by atoms with E-state index in [4.69, 9.17) is 11.6 Å². The molecule has 11 heteroatoms. The van der Waals surface area contributed by atoms with E-state index in [9.17, 15) is 18.0 Å². The quantitative estimate of drug-likeness (QED) is 0.601. The zero-order valence-corrected chi connectivity index (χ0v) is 16.0. The van der Waals surface area contributed by atoms with E-state index in [2.05, 4.69) is 20.1 Å². The Hall–Kier alpha value is -2.75. The lowest BCUT2D eigenvalue weighted by atomic mass is 9.84. The average molecular weight is 425 g/mol. The van der Waals surface area contributed by atoms with Gasteiger partial charge < -0.3 is 4.90 Å². The first kappa shape index (κ1) is 19.6. The second-order valence-electron chi connectivity index (χ2n) is 6.99. The van der Waals surface area contributed by atoms with Crippen molar-refractivity contribution in [3.05, 3.63) is 52.6 Å². The molecule has 3 aromatic rings. The van der Waals surface area contributed by atoms with E-state index in [1.54, 1.807) is 0 Å². The smallest absolute Gasteiger partial charge is 0.280 e. The summed E-state index contributed by atoms with van der Waals surface area (Å²) in [5, 5.41) is 4.10. The first-order valence-electron chi connectivity index (χ1n) is 8.94. The minimum Gasteiger partial charge on any atom is -0.338 e. The Labute approximate surface area is 168 Å². The van der Waals surface area contributed by atoms with Gasteiger partial charge in [-0.25, -0.2) is 27.7 Å². The molecule has 1 amide bonds. The summed E-state index contributed by atoms with van der Waals surface area (Å²) in [6.45, 7) is 2.59. The summed E-state index contributed by atoms with van der Waals surface area (Å²) < 4.78 is 42.1. The summed E-state index contributed by atoms with van der Waals surface area (Å²) in [6, 6.07) is 2.48. The molecule has 0 radical (unpaired) electrons. The zero-order chi connectivity index (χ0) is 20.7. The molecular formula is C18H16ClF3N6O. The Bertz CT molecular complexity index is 1070. The van der Waals surface area contributed by atoms with E-state index < -0.39 is 23.8 Å². The van der Waals surface area contributed by atoms with Crippen molar-refractivity contribution in [1.29, 1.82) is 0 Å². The molecule has 2 atom stereocenters. The van der Waals surface area contributed by atoms with Crippen molar-refractivity contribution in [3.63, 3.8) is 0 Å². The largest absolute Gasteiger partial charge is 0.338 e. The number of amides is 1. The van der Waals surface area contributed by atoms with Crippen molar-refractivity contribution < 1.29 is 18.0 Å². The number of rotatable bonds is 3. The third-order valence-electron chi connectivity index (χ3n) is 5.20. The molecule has 4 heterocycles. The third-order valence-corrected chi connectivity index (χ3v) is 5.41. The van der Waals surface area contributed by atoms with E-state index in [1.807, 2.05) is 6.92 Å². The highest BCUT2D eigenvalue weighted by Gasteiger charge is 2.34. The Morgan fingerprint density at radius 3 is 2.86 bits per heavy atom. The lowest BCUT2D eigenvalue weighted by Gasteiger charge is -2.37.